The Labute approximate surface area is 160 Å². The number of piperidine rings is 1. The first kappa shape index (κ1) is 18.7. The van der Waals surface area contributed by atoms with Crippen molar-refractivity contribution in [2.45, 2.75) is 37.7 Å². The van der Waals surface area contributed by atoms with Crippen molar-refractivity contribution in [2.75, 3.05) is 46.4 Å². The number of hydrogen-bond acceptors (Lipinski definition) is 4. The van der Waals surface area contributed by atoms with E-state index in [1.54, 1.807) is 11.0 Å². The molecule has 0 aromatic heterocycles. The van der Waals surface area contributed by atoms with Crippen molar-refractivity contribution in [2.24, 2.45) is 5.92 Å². The zero-order valence-corrected chi connectivity index (χ0v) is 16.1. The van der Waals surface area contributed by atoms with Crippen molar-refractivity contribution in [3.05, 3.63) is 29.6 Å². The number of carbonyl (C=O) groups excluding carboxylic acids is 1. The number of halogens is 1. The molecule has 1 amide bonds. The van der Waals surface area contributed by atoms with Crippen LogP contribution in [0.5, 0.6) is 5.75 Å². The number of amides is 1. The monoisotopic (exact) mass is 376 g/mol. The van der Waals surface area contributed by atoms with Crippen LogP contribution in [0.15, 0.2) is 18.2 Å². The molecule has 3 saturated heterocycles. The van der Waals surface area contributed by atoms with E-state index < -0.39 is 5.82 Å². The SMILES string of the molecule is COc1ccc(C(=O)N2CC3(CCC(CN4CCCCC4)CO3)C2)cc1F. The van der Waals surface area contributed by atoms with Gasteiger partial charge in [-0.25, -0.2) is 4.39 Å². The highest BCUT2D eigenvalue weighted by Gasteiger charge is 2.48. The van der Waals surface area contributed by atoms with Gasteiger partial charge in [-0.05, 0) is 62.9 Å². The van der Waals surface area contributed by atoms with E-state index in [-0.39, 0.29) is 17.3 Å². The Kier molecular flexibility index (Phi) is 5.37. The van der Waals surface area contributed by atoms with Gasteiger partial charge in [0, 0.05) is 12.1 Å². The van der Waals surface area contributed by atoms with E-state index in [1.165, 1.54) is 51.6 Å². The fourth-order valence-electron chi connectivity index (χ4n) is 4.59. The maximum absolute atomic E-state index is 13.9. The molecule has 1 unspecified atom stereocenters. The molecule has 4 rings (SSSR count). The molecular weight excluding hydrogens is 347 g/mol. The number of likely N-dealkylation sites (tertiary alicyclic amines) is 2. The Morgan fingerprint density at radius 2 is 2.07 bits per heavy atom. The molecule has 6 heteroatoms. The van der Waals surface area contributed by atoms with Gasteiger partial charge in [0.15, 0.2) is 11.6 Å². The van der Waals surface area contributed by atoms with Crippen molar-refractivity contribution in [1.82, 2.24) is 9.80 Å². The normalized spacial score (nSPS) is 25.3. The molecule has 1 spiro atoms. The molecule has 0 saturated carbocycles. The molecule has 0 aliphatic carbocycles. The van der Waals surface area contributed by atoms with Crippen LogP contribution in [0.1, 0.15) is 42.5 Å². The first-order chi connectivity index (χ1) is 13.1. The van der Waals surface area contributed by atoms with Gasteiger partial charge in [-0.2, -0.15) is 0 Å². The number of nitrogens with zero attached hydrogens (tertiary/aromatic N) is 2. The number of carbonyl (C=O) groups is 1. The summed E-state index contributed by atoms with van der Waals surface area (Å²) in [6.45, 7) is 5.59. The molecular formula is C21H29FN2O3. The van der Waals surface area contributed by atoms with E-state index in [1.807, 2.05) is 0 Å². The average Bonchev–Trinajstić information content (AvgIpc) is 2.67. The van der Waals surface area contributed by atoms with E-state index in [9.17, 15) is 9.18 Å². The highest BCUT2D eigenvalue weighted by Crippen LogP contribution is 2.37. The Morgan fingerprint density at radius 1 is 1.30 bits per heavy atom. The lowest BCUT2D eigenvalue weighted by Gasteiger charge is -2.53. The van der Waals surface area contributed by atoms with Crippen LogP contribution in [-0.4, -0.2) is 67.7 Å². The zero-order valence-electron chi connectivity index (χ0n) is 16.1. The Balaban J connectivity index is 1.26. The van der Waals surface area contributed by atoms with E-state index in [0.29, 0.717) is 24.6 Å². The van der Waals surface area contributed by atoms with Crippen LogP contribution in [0, 0.1) is 11.7 Å². The summed E-state index contributed by atoms with van der Waals surface area (Å²) in [5.41, 5.74) is 0.181. The first-order valence-corrected chi connectivity index (χ1v) is 10.1. The van der Waals surface area contributed by atoms with Crippen LogP contribution in [0.2, 0.25) is 0 Å². The van der Waals surface area contributed by atoms with Crippen molar-refractivity contribution in [3.63, 3.8) is 0 Å². The summed E-state index contributed by atoms with van der Waals surface area (Å²) in [5, 5.41) is 0. The largest absolute Gasteiger partial charge is 0.494 e. The summed E-state index contributed by atoms with van der Waals surface area (Å²) in [6.07, 6.45) is 6.17. The van der Waals surface area contributed by atoms with Crippen molar-refractivity contribution < 1.29 is 18.7 Å². The molecule has 1 aromatic rings. The second-order valence-electron chi connectivity index (χ2n) is 8.27. The van der Waals surface area contributed by atoms with E-state index in [0.717, 1.165) is 26.0 Å². The maximum atomic E-state index is 13.9. The van der Waals surface area contributed by atoms with Gasteiger partial charge in [-0.15, -0.1) is 0 Å². The van der Waals surface area contributed by atoms with Crippen LogP contribution < -0.4 is 4.74 Å². The summed E-state index contributed by atoms with van der Waals surface area (Å²) < 4.78 is 25.0. The molecule has 0 radical (unpaired) electrons. The maximum Gasteiger partial charge on any atom is 0.254 e. The lowest BCUT2D eigenvalue weighted by atomic mass is 9.82. The second-order valence-corrected chi connectivity index (χ2v) is 8.27. The van der Waals surface area contributed by atoms with Gasteiger partial charge in [-0.3, -0.25) is 4.79 Å². The van der Waals surface area contributed by atoms with Gasteiger partial charge < -0.3 is 19.3 Å². The number of ether oxygens (including phenoxy) is 2. The summed E-state index contributed by atoms with van der Waals surface area (Å²) in [4.78, 5) is 16.9. The molecule has 5 nitrogen and oxygen atoms in total. The fraction of sp³-hybridized carbons (Fsp3) is 0.667. The Bertz CT molecular complexity index is 674. The van der Waals surface area contributed by atoms with Crippen LogP contribution in [0.25, 0.3) is 0 Å². The molecule has 3 fully saturated rings. The lowest BCUT2D eigenvalue weighted by Crippen LogP contribution is -2.66. The third-order valence-corrected chi connectivity index (χ3v) is 6.24. The van der Waals surface area contributed by atoms with E-state index in [2.05, 4.69) is 4.90 Å². The lowest BCUT2D eigenvalue weighted by molar-refractivity contribution is -0.168. The minimum atomic E-state index is -0.506. The van der Waals surface area contributed by atoms with Crippen LogP contribution >= 0.6 is 0 Å². The number of rotatable bonds is 4. The van der Waals surface area contributed by atoms with Gasteiger partial charge in [0.1, 0.15) is 5.60 Å². The van der Waals surface area contributed by atoms with Crippen molar-refractivity contribution >= 4 is 5.91 Å². The second kappa shape index (κ2) is 7.76. The minimum Gasteiger partial charge on any atom is -0.494 e. The quantitative estimate of drug-likeness (QED) is 0.810. The summed E-state index contributed by atoms with van der Waals surface area (Å²) in [5.74, 6) is 0.116. The van der Waals surface area contributed by atoms with Gasteiger partial charge in [-0.1, -0.05) is 6.42 Å². The highest BCUT2D eigenvalue weighted by atomic mass is 19.1. The third kappa shape index (κ3) is 3.97. The molecule has 3 aliphatic rings. The number of hydrogen-bond donors (Lipinski definition) is 0. The van der Waals surface area contributed by atoms with E-state index >= 15 is 0 Å². The van der Waals surface area contributed by atoms with Gasteiger partial charge >= 0.3 is 0 Å². The van der Waals surface area contributed by atoms with Crippen molar-refractivity contribution in [3.8, 4) is 5.75 Å². The third-order valence-electron chi connectivity index (χ3n) is 6.24. The van der Waals surface area contributed by atoms with Gasteiger partial charge in [0.05, 0.1) is 26.8 Å². The smallest absolute Gasteiger partial charge is 0.254 e. The minimum absolute atomic E-state index is 0.138. The zero-order chi connectivity index (χ0) is 18.9. The molecule has 27 heavy (non-hydrogen) atoms. The standard InChI is InChI=1S/C21H29FN2O3/c1-26-19-6-5-17(11-18(19)22)20(25)24-14-21(15-24)8-7-16(13-27-21)12-23-9-3-2-4-10-23/h5-6,11,16H,2-4,7-10,12-15H2,1H3. The molecule has 1 aromatic carbocycles. The predicted molar refractivity (Wildman–Crippen MR) is 101 cm³/mol. The molecule has 3 aliphatic heterocycles. The first-order valence-electron chi connectivity index (χ1n) is 10.1. The molecule has 148 valence electrons. The van der Waals surface area contributed by atoms with E-state index in [4.69, 9.17) is 9.47 Å². The molecule has 3 heterocycles. The average molecular weight is 376 g/mol. The van der Waals surface area contributed by atoms with Gasteiger partial charge in [0.2, 0.25) is 0 Å². The molecule has 0 N–H and O–H groups in total. The predicted octanol–water partition coefficient (Wildman–Crippen LogP) is 2.94. The summed E-state index contributed by atoms with van der Waals surface area (Å²) in [7, 11) is 1.41. The molecule has 1 atom stereocenters. The fourth-order valence-corrected chi connectivity index (χ4v) is 4.59. The number of benzene rings is 1. The Hall–Kier alpha value is -1.66. The van der Waals surface area contributed by atoms with Crippen LogP contribution in [0.3, 0.4) is 0 Å². The van der Waals surface area contributed by atoms with Crippen molar-refractivity contribution in [1.29, 1.82) is 0 Å². The summed E-state index contributed by atoms with van der Waals surface area (Å²) >= 11 is 0. The number of methoxy groups -OCH3 is 1. The Morgan fingerprint density at radius 3 is 2.70 bits per heavy atom. The van der Waals surface area contributed by atoms with Crippen LogP contribution in [0.4, 0.5) is 4.39 Å². The topological polar surface area (TPSA) is 42.0 Å². The van der Waals surface area contributed by atoms with Crippen LogP contribution in [-0.2, 0) is 4.74 Å². The summed E-state index contributed by atoms with van der Waals surface area (Å²) in [6, 6.07) is 4.37. The molecule has 0 bridgehead atoms. The highest BCUT2D eigenvalue weighted by molar-refractivity contribution is 5.95. The van der Waals surface area contributed by atoms with Gasteiger partial charge in [0.25, 0.3) is 5.91 Å².